The summed E-state index contributed by atoms with van der Waals surface area (Å²) in [4.78, 5) is 6.32. The van der Waals surface area contributed by atoms with E-state index in [2.05, 4.69) is 27.7 Å². The smallest absolute Gasteiger partial charge is 0.110 e. The Morgan fingerprint density at radius 1 is 1.42 bits per heavy atom. The molecule has 2 nitrogen and oxygen atoms in total. The van der Waals surface area contributed by atoms with Gasteiger partial charge in [0.25, 0.3) is 0 Å². The van der Waals surface area contributed by atoms with Crippen LogP contribution in [0.3, 0.4) is 0 Å². The first-order valence-corrected chi connectivity index (χ1v) is 8.53. The largest absolute Gasteiger partial charge is 0.322 e. The van der Waals surface area contributed by atoms with Gasteiger partial charge < -0.3 is 5.73 Å². The predicted octanol–water partition coefficient (Wildman–Crippen LogP) is 4.48. The van der Waals surface area contributed by atoms with Gasteiger partial charge in [-0.25, -0.2) is 4.98 Å². The fourth-order valence-electron chi connectivity index (χ4n) is 2.94. The number of nitrogens with two attached hydrogens (primary N) is 1. The minimum Gasteiger partial charge on any atom is -0.322 e. The number of aryl methyl sites for hydroxylation is 1. The number of fused-ring (bicyclic) bond motifs is 1. The molecule has 0 radical (unpaired) electrons. The molecule has 0 aliphatic heterocycles. The number of hydrogen-bond acceptors (Lipinski definition) is 3. The second kappa shape index (κ2) is 5.92. The molecule has 1 aromatic heterocycles. The molecule has 3 heteroatoms. The van der Waals surface area contributed by atoms with Gasteiger partial charge in [-0.2, -0.15) is 0 Å². The maximum absolute atomic E-state index is 6.21. The monoisotopic (exact) mass is 280 g/mol. The molecule has 108 valence electrons. The average Bonchev–Trinajstić information content (AvgIpc) is 2.81. The third kappa shape index (κ3) is 3.19. The normalized spacial score (nSPS) is 21.2. The lowest BCUT2D eigenvalue weighted by atomic mass is 9.70. The van der Waals surface area contributed by atoms with E-state index < -0.39 is 0 Å². The van der Waals surface area contributed by atoms with Crippen molar-refractivity contribution in [2.24, 2.45) is 17.1 Å². The van der Waals surface area contributed by atoms with Crippen LogP contribution in [0, 0.1) is 11.3 Å². The Bertz CT molecular complexity index is 422. The van der Waals surface area contributed by atoms with Crippen molar-refractivity contribution in [1.29, 1.82) is 0 Å². The molecule has 1 aromatic rings. The minimum atomic E-state index is 0.151. The second-order valence-electron chi connectivity index (χ2n) is 6.60. The van der Waals surface area contributed by atoms with E-state index in [0.717, 1.165) is 25.2 Å². The Kier molecular flexibility index (Phi) is 4.67. The van der Waals surface area contributed by atoms with E-state index in [1.165, 1.54) is 34.8 Å². The lowest BCUT2D eigenvalue weighted by molar-refractivity contribution is 0.183. The van der Waals surface area contributed by atoms with Crippen molar-refractivity contribution >= 4 is 11.3 Å². The molecule has 0 aromatic carbocycles. The molecule has 1 aliphatic rings. The number of hydrogen-bond donors (Lipinski definition) is 1. The van der Waals surface area contributed by atoms with E-state index in [-0.39, 0.29) is 6.04 Å². The molecule has 1 heterocycles. The van der Waals surface area contributed by atoms with Crippen LogP contribution in [0.1, 0.15) is 75.0 Å². The van der Waals surface area contributed by atoms with Gasteiger partial charge in [0.15, 0.2) is 0 Å². The first kappa shape index (κ1) is 15.0. The van der Waals surface area contributed by atoms with Crippen LogP contribution in [-0.4, -0.2) is 4.98 Å². The van der Waals surface area contributed by atoms with Gasteiger partial charge in [-0.3, -0.25) is 0 Å². The van der Waals surface area contributed by atoms with Crippen molar-refractivity contribution in [1.82, 2.24) is 4.98 Å². The van der Waals surface area contributed by atoms with E-state index in [4.69, 9.17) is 10.7 Å². The zero-order valence-electron chi connectivity index (χ0n) is 12.8. The van der Waals surface area contributed by atoms with Gasteiger partial charge in [-0.15, -0.1) is 11.3 Å². The lowest BCUT2D eigenvalue weighted by Gasteiger charge is -2.35. The quantitative estimate of drug-likeness (QED) is 0.863. The van der Waals surface area contributed by atoms with Crippen LogP contribution in [0.2, 0.25) is 0 Å². The van der Waals surface area contributed by atoms with E-state index in [1.54, 1.807) is 0 Å². The highest BCUT2D eigenvalue weighted by Crippen LogP contribution is 2.41. The van der Waals surface area contributed by atoms with Gasteiger partial charge in [0.2, 0.25) is 0 Å². The fourth-order valence-corrected chi connectivity index (χ4v) is 4.17. The van der Waals surface area contributed by atoms with Crippen molar-refractivity contribution in [3.63, 3.8) is 0 Å². The molecule has 0 spiro atoms. The van der Waals surface area contributed by atoms with Crippen LogP contribution in [0.5, 0.6) is 0 Å². The van der Waals surface area contributed by atoms with Crippen LogP contribution in [0.15, 0.2) is 0 Å². The molecule has 19 heavy (non-hydrogen) atoms. The molecule has 2 unspecified atom stereocenters. The molecule has 0 fully saturated rings. The first-order valence-electron chi connectivity index (χ1n) is 7.72. The van der Waals surface area contributed by atoms with E-state index in [0.29, 0.717) is 5.41 Å². The van der Waals surface area contributed by atoms with Crippen molar-refractivity contribution in [2.45, 2.75) is 72.3 Å². The van der Waals surface area contributed by atoms with Gasteiger partial charge in [0.05, 0.1) is 11.7 Å². The van der Waals surface area contributed by atoms with Gasteiger partial charge in [-0.1, -0.05) is 40.5 Å². The van der Waals surface area contributed by atoms with Crippen LogP contribution >= 0.6 is 11.3 Å². The predicted molar refractivity (Wildman–Crippen MR) is 83.5 cm³/mol. The average molecular weight is 280 g/mol. The number of nitrogens with zero attached hydrogens (tertiary/aromatic N) is 1. The van der Waals surface area contributed by atoms with Crippen LogP contribution in [0.25, 0.3) is 0 Å². The highest BCUT2D eigenvalue weighted by atomic mass is 32.1. The summed E-state index contributed by atoms with van der Waals surface area (Å²) in [5.41, 5.74) is 8.01. The first-order chi connectivity index (χ1) is 8.97. The molecule has 2 atom stereocenters. The summed E-state index contributed by atoms with van der Waals surface area (Å²) < 4.78 is 0. The standard InChI is InChI=1S/C16H28N2S/c1-5-7-12(17)15-18-13-9-8-11(10-14(13)19-15)16(3,4)6-2/h11-12H,5-10,17H2,1-4H3. The van der Waals surface area contributed by atoms with E-state index in [9.17, 15) is 0 Å². The van der Waals surface area contributed by atoms with Crippen molar-refractivity contribution in [3.8, 4) is 0 Å². The zero-order valence-corrected chi connectivity index (χ0v) is 13.6. The molecule has 0 saturated carbocycles. The summed E-state index contributed by atoms with van der Waals surface area (Å²) in [6, 6.07) is 0.151. The highest BCUT2D eigenvalue weighted by Gasteiger charge is 2.32. The Balaban J connectivity index is 2.13. The van der Waals surface area contributed by atoms with Crippen LogP contribution < -0.4 is 5.73 Å². The maximum atomic E-state index is 6.21. The summed E-state index contributed by atoms with van der Waals surface area (Å²) >= 11 is 1.88. The molecule has 2 N–H and O–H groups in total. The summed E-state index contributed by atoms with van der Waals surface area (Å²) in [6.07, 6.45) is 7.10. The van der Waals surface area contributed by atoms with Crippen LogP contribution in [0.4, 0.5) is 0 Å². The third-order valence-corrected chi connectivity index (χ3v) is 6.14. The number of thiazole rings is 1. The Morgan fingerprint density at radius 3 is 2.79 bits per heavy atom. The van der Waals surface area contributed by atoms with Gasteiger partial charge in [-0.05, 0) is 37.0 Å². The van der Waals surface area contributed by atoms with E-state index in [1.807, 2.05) is 11.3 Å². The highest BCUT2D eigenvalue weighted by molar-refractivity contribution is 7.11. The lowest BCUT2D eigenvalue weighted by Crippen LogP contribution is -2.28. The minimum absolute atomic E-state index is 0.151. The second-order valence-corrected chi connectivity index (χ2v) is 7.71. The molecule has 0 saturated heterocycles. The molecular weight excluding hydrogens is 252 g/mol. The molecule has 1 aliphatic carbocycles. The topological polar surface area (TPSA) is 38.9 Å². The summed E-state index contributed by atoms with van der Waals surface area (Å²) in [5.74, 6) is 0.806. The third-order valence-electron chi connectivity index (χ3n) is 4.89. The SMILES string of the molecule is CCCC(N)c1nc2c(s1)CC(C(C)(C)CC)CC2. The number of aromatic nitrogens is 1. The maximum Gasteiger partial charge on any atom is 0.110 e. The van der Waals surface area contributed by atoms with Crippen molar-refractivity contribution in [2.75, 3.05) is 0 Å². The molecule has 0 bridgehead atoms. The van der Waals surface area contributed by atoms with Gasteiger partial charge in [0.1, 0.15) is 5.01 Å². The molecule has 2 rings (SSSR count). The summed E-state index contributed by atoms with van der Waals surface area (Å²) in [6.45, 7) is 9.32. The van der Waals surface area contributed by atoms with Gasteiger partial charge >= 0.3 is 0 Å². The Hall–Kier alpha value is -0.410. The fraction of sp³-hybridized carbons (Fsp3) is 0.812. The number of rotatable bonds is 5. The molecule has 0 amide bonds. The van der Waals surface area contributed by atoms with Crippen molar-refractivity contribution in [3.05, 3.63) is 15.6 Å². The van der Waals surface area contributed by atoms with Crippen molar-refractivity contribution < 1.29 is 0 Å². The molecular formula is C16H28N2S. The summed E-state index contributed by atoms with van der Waals surface area (Å²) in [5, 5.41) is 1.17. The van der Waals surface area contributed by atoms with Crippen LogP contribution in [-0.2, 0) is 12.8 Å². The van der Waals surface area contributed by atoms with E-state index >= 15 is 0 Å². The van der Waals surface area contributed by atoms with Gasteiger partial charge in [0, 0.05) is 4.88 Å². The Labute approximate surface area is 121 Å². The Morgan fingerprint density at radius 2 is 2.16 bits per heavy atom. The zero-order chi connectivity index (χ0) is 14.0. The summed E-state index contributed by atoms with van der Waals surface area (Å²) in [7, 11) is 0.